The van der Waals surface area contributed by atoms with E-state index >= 15 is 0 Å². The zero-order valence-electron chi connectivity index (χ0n) is 9.85. The smallest absolute Gasteiger partial charge is 0.258 e. The van der Waals surface area contributed by atoms with Crippen LogP contribution in [0.5, 0.6) is 0 Å². The van der Waals surface area contributed by atoms with Crippen LogP contribution in [-0.4, -0.2) is 14.9 Å². The first-order valence-corrected chi connectivity index (χ1v) is 5.62. The van der Waals surface area contributed by atoms with Crippen LogP contribution in [-0.2, 0) is 0 Å². The second-order valence-corrected chi connectivity index (χ2v) is 4.20. The van der Waals surface area contributed by atoms with Crippen LogP contribution in [0.15, 0.2) is 24.3 Å². The highest BCUT2D eigenvalue weighted by Crippen LogP contribution is 2.27. The Hall–Kier alpha value is -2.01. The molecule has 0 unspecified atom stereocenters. The van der Waals surface area contributed by atoms with Crippen molar-refractivity contribution in [2.24, 2.45) is 0 Å². The predicted octanol–water partition coefficient (Wildman–Crippen LogP) is 3.32. The summed E-state index contributed by atoms with van der Waals surface area (Å²) in [6.07, 6.45) is 0. The van der Waals surface area contributed by atoms with Gasteiger partial charge in [0.1, 0.15) is 11.0 Å². The Morgan fingerprint density at radius 1 is 1.28 bits per heavy atom. The Bertz CT molecular complexity index is 629. The number of benzene rings is 1. The van der Waals surface area contributed by atoms with Crippen molar-refractivity contribution in [1.82, 2.24) is 9.97 Å². The molecule has 5 nitrogen and oxygen atoms in total. The molecule has 1 aromatic carbocycles. The molecule has 92 valence electrons. The van der Waals surface area contributed by atoms with Gasteiger partial charge in [-0.15, -0.1) is 0 Å². The largest absolute Gasteiger partial charge is 0.270 e. The Morgan fingerprint density at radius 2 is 2.00 bits per heavy atom. The third kappa shape index (κ3) is 2.31. The Balaban J connectivity index is 2.62. The van der Waals surface area contributed by atoms with Crippen molar-refractivity contribution < 1.29 is 4.92 Å². The van der Waals surface area contributed by atoms with Gasteiger partial charge in [-0.3, -0.25) is 10.1 Å². The standard InChI is InChI=1S/C12H10ClN3O2/c1-7-11(14-8(2)15-12(7)13)9-4-3-5-10(6-9)16(17)18/h3-6H,1-2H3. The summed E-state index contributed by atoms with van der Waals surface area (Å²) >= 11 is 5.99. The third-order valence-corrected chi connectivity index (χ3v) is 2.90. The summed E-state index contributed by atoms with van der Waals surface area (Å²) in [5.74, 6) is 0.534. The summed E-state index contributed by atoms with van der Waals surface area (Å²) in [4.78, 5) is 18.6. The summed E-state index contributed by atoms with van der Waals surface area (Å²) < 4.78 is 0. The van der Waals surface area contributed by atoms with E-state index in [0.29, 0.717) is 27.8 Å². The van der Waals surface area contributed by atoms with Crippen molar-refractivity contribution in [3.8, 4) is 11.3 Å². The zero-order chi connectivity index (χ0) is 13.3. The topological polar surface area (TPSA) is 68.9 Å². The summed E-state index contributed by atoms with van der Waals surface area (Å²) in [5.41, 5.74) is 2.02. The fourth-order valence-corrected chi connectivity index (χ4v) is 1.85. The molecular weight excluding hydrogens is 254 g/mol. The monoisotopic (exact) mass is 263 g/mol. The lowest BCUT2D eigenvalue weighted by molar-refractivity contribution is -0.384. The number of hydrogen-bond acceptors (Lipinski definition) is 4. The van der Waals surface area contributed by atoms with E-state index in [1.807, 2.05) is 0 Å². The third-order valence-electron chi connectivity index (χ3n) is 2.53. The summed E-state index contributed by atoms with van der Waals surface area (Å²) in [6.45, 7) is 3.52. The molecule has 0 aliphatic rings. The van der Waals surface area contributed by atoms with Crippen LogP contribution in [0.3, 0.4) is 0 Å². The molecule has 0 atom stereocenters. The Morgan fingerprint density at radius 3 is 2.67 bits per heavy atom. The number of nitro benzene ring substituents is 1. The van der Waals surface area contributed by atoms with Crippen LogP contribution >= 0.6 is 11.6 Å². The van der Waals surface area contributed by atoms with E-state index < -0.39 is 4.92 Å². The molecule has 0 bridgehead atoms. The van der Waals surface area contributed by atoms with Crippen LogP contribution < -0.4 is 0 Å². The predicted molar refractivity (Wildman–Crippen MR) is 68.6 cm³/mol. The lowest BCUT2D eigenvalue weighted by Crippen LogP contribution is -1.97. The molecule has 6 heteroatoms. The number of halogens is 1. The second-order valence-electron chi connectivity index (χ2n) is 3.84. The van der Waals surface area contributed by atoms with Gasteiger partial charge in [0.15, 0.2) is 0 Å². The van der Waals surface area contributed by atoms with Crippen molar-refractivity contribution in [3.05, 3.63) is 50.9 Å². The molecule has 0 saturated heterocycles. The average molecular weight is 264 g/mol. The fourth-order valence-electron chi connectivity index (χ4n) is 1.64. The molecule has 18 heavy (non-hydrogen) atoms. The lowest BCUT2D eigenvalue weighted by Gasteiger charge is -2.07. The van der Waals surface area contributed by atoms with Crippen molar-refractivity contribution in [2.75, 3.05) is 0 Å². The molecule has 0 spiro atoms. The van der Waals surface area contributed by atoms with Crippen LogP contribution in [0.1, 0.15) is 11.4 Å². The molecule has 2 aromatic rings. The summed E-state index contributed by atoms with van der Waals surface area (Å²) in [5, 5.41) is 11.1. The van der Waals surface area contributed by atoms with E-state index in [-0.39, 0.29) is 5.69 Å². The van der Waals surface area contributed by atoms with E-state index in [1.165, 1.54) is 12.1 Å². The van der Waals surface area contributed by atoms with Crippen LogP contribution in [0.25, 0.3) is 11.3 Å². The lowest BCUT2D eigenvalue weighted by atomic mass is 10.1. The Labute approximate surface area is 109 Å². The normalized spacial score (nSPS) is 10.4. The number of rotatable bonds is 2. The molecule has 0 aliphatic carbocycles. The number of hydrogen-bond donors (Lipinski definition) is 0. The molecule has 0 radical (unpaired) electrons. The van der Waals surface area contributed by atoms with Gasteiger partial charge in [-0.25, -0.2) is 9.97 Å². The van der Waals surface area contributed by atoms with E-state index in [2.05, 4.69) is 9.97 Å². The maximum atomic E-state index is 10.8. The Kier molecular flexibility index (Phi) is 3.25. The zero-order valence-corrected chi connectivity index (χ0v) is 10.6. The maximum Gasteiger partial charge on any atom is 0.270 e. The highest BCUT2D eigenvalue weighted by atomic mass is 35.5. The van der Waals surface area contributed by atoms with Crippen LogP contribution in [0.2, 0.25) is 5.15 Å². The average Bonchev–Trinajstić information content (AvgIpc) is 2.34. The van der Waals surface area contributed by atoms with Crippen molar-refractivity contribution >= 4 is 17.3 Å². The van der Waals surface area contributed by atoms with Crippen molar-refractivity contribution in [3.63, 3.8) is 0 Å². The van der Waals surface area contributed by atoms with Gasteiger partial charge in [0.2, 0.25) is 0 Å². The van der Waals surface area contributed by atoms with Crippen LogP contribution in [0.4, 0.5) is 5.69 Å². The molecule has 0 amide bonds. The van der Waals surface area contributed by atoms with Gasteiger partial charge in [0, 0.05) is 23.3 Å². The fraction of sp³-hybridized carbons (Fsp3) is 0.167. The molecular formula is C12H10ClN3O2. The number of aromatic nitrogens is 2. The van der Waals surface area contributed by atoms with Crippen molar-refractivity contribution in [1.29, 1.82) is 0 Å². The number of non-ortho nitro benzene ring substituents is 1. The molecule has 0 N–H and O–H groups in total. The SMILES string of the molecule is Cc1nc(Cl)c(C)c(-c2cccc([N+](=O)[O-])c2)n1. The van der Waals surface area contributed by atoms with Crippen LogP contribution in [0, 0.1) is 24.0 Å². The quantitative estimate of drug-likeness (QED) is 0.473. The molecule has 0 saturated carbocycles. The number of nitrogens with zero attached hydrogens (tertiary/aromatic N) is 3. The number of aryl methyl sites for hydroxylation is 1. The first-order chi connectivity index (χ1) is 8.49. The highest BCUT2D eigenvalue weighted by molar-refractivity contribution is 6.30. The van der Waals surface area contributed by atoms with Gasteiger partial charge in [-0.1, -0.05) is 23.7 Å². The molecule has 0 fully saturated rings. The maximum absolute atomic E-state index is 10.8. The van der Waals surface area contributed by atoms with Gasteiger partial charge in [0.05, 0.1) is 10.6 Å². The van der Waals surface area contributed by atoms with Gasteiger partial charge in [0.25, 0.3) is 5.69 Å². The molecule has 1 heterocycles. The molecule has 0 aliphatic heterocycles. The van der Waals surface area contributed by atoms with Gasteiger partial charge >= 0.3 is 0 Å². The summed E-state index contributed by atoms with van der Waals surface area (Å²) in [7, 11) is 0. The van der Waals surface area contributed by atoms with E-state index in [4.69, 9.17) is 11.6 Å². The highest BCUT2D eigenvalue weighted by Gasteiger charge is 2.12. The first-order valence-electron chi connectivity index (χ1n) is 5.24. The number of nitro groups is 1. The first kappa shape index (κ1) is 12.4. The van der Waals surface area contributed by atoms with E-state index in [9.17, 15) is 10.1 Å². The van der Waals surface area contributed by atoms with E-state index in [0.717, 1.165) is 0 Å². The minimum atomic E-state index is -0.436. The minimum Gasteiger partial charge on any atom is -0.258 e. The summed E-state index contributed by atoms with van der Waals surface area (Å²) in [6, 6.07) is 6.30. The van der Waals surface area contributed by atoms with Crippen molar-refractivity contribution in [2.45, 2.75) is 13.8 Å². The van der Waals surface area contributed by atoms with Gasteiger partial charge in [-0.05, 0) is 13.8 Å². The minimum absolute atomic E-state index is 0.0271. The second kappa shape index (κ2) is 4.70. The molecule has 2 rings (SSSR count). The van der Waals surface area contributed by atoms with Gasteiger partial charge in [-0.2, -0.15) is 0 Å². The molecule has 1 aromatic heterocycles. The van der Waals surface area contributed by atoms with Gasteiger partial charge < -0.3 is 0 Å². The van der Waals surface area contributed by atoms with E-state index in [1.54, 1.807) is 26.0 Å².